The molecule has 0 unspecified atom stereocenters. The van der Waals surface area contributed by atoms with Crippen LogP contribution in [0.15, 0.2) is 0 Å². The number of nitrogens with zero attached hydrogens (tertiary/aromatic N) is 2. The number of nitrogen functional groups attached to an aromatic ring is 1. The van der Waals surface area contributed by atoms with Crippen LogP contribution in [0.3, 0.4) is 0 Å². The van der Waals surface area contributed by atoms with Crippen LogP contribution in [0.2, 0.25) is 0 Å². The molecule has 0 spiro atoms. The van der Waals surface area contributed by atoms with E-state index in [1.165, 1.54) is 0 Å². The highest BCUT2D eigenvalue weighted by Crippen LogP contribution is 2.13. The fraction of sp³-hybridized carbons (Fsp3) is 0.571. The molecule has 1 heterocycles. The number of hydrogen-bond donors (Lipinski definition) is 1. The van der Waals surface area contributed by atoms with Crippen LogP contribution in [0.25, 0.3) is 0 Å². The van der Waals surface area contributed by atoms with Crippen LogP contribution in [-0.2, 0) is 6.54 Å². The van der Waals surface area contributed by atoms with Gasteiger partial charge in [-0.05, 0) is 20.8 Å². The average molecular weight is 139 g/mol. The lowest BCUT2D eigenvalue weighted by Crippen LogP contribution is -1.99. The maximum Gasteiger partial charge on any atom is 0.0825 e. The number of aryl methyl sites for hydroxylation is 2. The van der Waals surface area contributed by atoms with Crippen molar-refractivity contribution in [2.75, 3.05) is 5.73 Å². The van der Waals surface area contributed by atoms with E-state index in [1.807, 2.05) is 18.5 Å². The lowest BCUT2D eigenvalue weighted by molar-refractivity contribution is 0.634. The Balaban J connectivity index is 3.17. The Bertz CT molecular complexity index is 237. The zero-order valence-electron chi connectivity index (χ0n) is 6.68. The van der Waals surface area contributed by atoms with Crippen LogP contribution in [0.1, 0.15) is 18.3 Å². The summed E-state index contributed by atoms with van der Waals surface area (Å²) in [4.78, 5) is 0. The molecule has 10 heavy (non-hydrogen) atoms. The molecule has 0 aliphatic rings. The molecule has 3 heteroatoms. The second-order valence-electron chi connectivity index (χ2n) is 2.40. The zero-order chi connectivity index (χ0) is 7.72. The van der Waals surface area contributed by atoms with E-state index >= 15 is 0 Å². The smallest absolute Gasteiger partial charge is 0.0825 e. The second-order valence-corrected chi connectivity index (χ2v) is 2.40. The van der Waals surface area contributed by atoms with Gasteiger partial charge in [-0.2, -0.15) is 5.10 Å². The fourth-order valence-corrected chi connectivity index (χ4v) is 1.02. The topological polar surface area (TPSA) is 43.8 Å². The third-order valence-corrected chi connectivity index (χ3v) is 1.74. The van der Waals surface area contributed by atoms with E-state index < -0.39 is 0 Å². The van der Waals surface area contributed by atoms with Crippen molar-refractivity contribution in [2.45, 2.75) is 27.3 Å². The van der Waals surface area contributed by atoms with Crippen molar-refractivity contribution in [3.63, 3.8) is 0 Å². The Kier molecular flexibility index (Phi) is 1.66. The van der Waals surface area contributed by atoms with Crippen LogP contribution in [0.5, 0.6) is 0 Å². The molecule has 56 valence electrons. The van der Waals surface area contributed by atoms with Crippen molar-refractivity contribution in [3.8, 4) is 0 Å². The molecule has 3 nitrogen and oxygen atoms in total. The molecular formula is C7H13N3. The number of rotatable bonds is 1. The standard InChI is InChI=1S/C7H13N3/c1-4-10-6(3)7(8)5(2)9-10/h4,8H2,1-3H3. The summed E-state index contributed by atoms with van der Waals surface area (Å²) in [5, 5.41) is 4.22. The van der Waals surface area contributed by atoms with Crippen molar-refractivity contribution in [1.29, 1.82) is 0 Å². The second kappa shape index (κ2) is 2.33. The van der Waals surface area contributed by atoms with Gasteiger partial charge in [0, 0.05) is 6.54 Å². The van der Waals surface area contributed by atoms with Gasteiger partial charge in [0.2, 0.25) is 0 Å². The highest BCUT2D eigenvalue weighted by atomic mass is 15.3. The van der Waals surface area contributed by atoms with Crippen LogP contribution in [0, 0.1) is 13.8 Å². The van der Waals surface area contributed by atoms with Crippen molar-refractivity contribution in [3.05, 3.63) is 11.4 Å². The first-order valence-electron chi connectivity index (χ1n) is 3.46. The van der Waals surface area contributed by atoms with Gasteiger partial charge in [0.25, 0.3) is 0 Å². The maximum atomic E-state index is 5.69. The van der Waals surface area contributed by atoms with Gasteiger partial charge in [-0.25, -0.2) is 0 Å². The minimum absolute atomic E-state index is 0.821. The van der Waals surface area contributed by atoms with E-state index in [4.69, 9.17) is 5.73 Å². The van der Waals surface area contributed by atoms with Crippen molar-refractivity contribution >= 4 is 5.69 Å². The molecule has 0 aliphatic heterocycles. The Labute approximate surface area is 60.8 Å². The molecule has 0 atom stereocenters. The molecule has 2 N–H and O–H groups in total. The summed E-state index contributed by atoms with van der Waals surface area (Å²) in [7, 11) is 0. The first-order chi connectivity index (χ1) is 4.66. The van der Waals surface area contributed by atoms with E-state index in [9.17, 15) is 0 Å². The summed E-state index contributed by atoms with van der Waals surface area (Å²) >= 11 is 0. The number of hydrogen-bond acceptors (Lipinski definition) is 2. The Morgan fingerprint density at radius 2 is 2.10 bits per heavy atom. The molecule has 0 bridgehead atoms. The van der Waals surface area contributed by atoms with Gasteiger partial charge in [-0.3, -0.25) is 4.68 Å². The lowest BCUT2D eigenvalue weighted by Gasteiger charge is -1.96. The fourth-order valence-electron chi connectivity index (χ4n) is 1.02. The monoisotopic (exact) mass is 139 g/mol. The lowest BCUT2D eigenvalue weighted by atomic mass is 10.3. The molecule has 0 saturated carbocycles. The summed E-state index contributed by atoms with van der Waals surface area (Å²) in [6, 6.07) is 0. The summed E-state index contributed by atoms with van der Waals surface area (Å²) in [6.45, 7) is 6.86. The minimum atomic E-state index is 0.821. The first-order valence-corrected chi connectivity index (χ1v) is 3.46. The molecule has 0 amide bonds. The summed E-state index contributed by atoms with van der Waals surface area (Å²) < 4.78 is 1.91. The summed E-state index contributed by atoms with van der Waals surface area (Å²) in [5.41, 5.74) is 8.52. The van der Waals surface area contributed by atoms with Crippen molar-refractivity contribution in [2.24, 2.45) is 0 Å². The van der Waals surface area contributed by atoms with Crippen LogP contribution in [-0.4, -0.2) is 9.78 Å². The zero-order valence-corrected chi connectivity index (χ0v) is 6.68. The molecular weight excluding hydrogens is 126 g/mol. The van der Waals surface area contributed by atoms with E-state index in [1.54, 1.807) is 0 Å². The number of nitrogens with two attached hydrogens (primary N) is 1. The molecule has 0 fully saturated rings. The highest BCUT2D eigenvalue weighted by Gasteiger charge is 2.04. The van der Waals surface area contributed by atoms with Gasteiger partial charge < -0.3 is 5.73 Å². The van der Waals surface area contributed by atoms with Crippen LogP contribution >= 0.6 is 0 Å². The molecule has 1 aromatic heterocycles. The normalized spacial score (nSPS) is 10.3. The van der Waals surface area contributed by atoms with Crippen molar-refractivity contribution < 1.29 is 0 Å². The SMILES string of the molecule is CCn1nc(C)c(N)c1C. The molecule has 0 radical (unpaired) electrons. The predicted octanol–water partition coefficient (Wildman–Crippen LogP) is 1.10. The van der Waals surface area contributed by atoms with Gasteiger partial charge in [0.15, 0.2) is 0 Å². The number of anilines is 1. The maximum absolute atomic E-state index is 5.69. The molecule has 0 aliphatic carbocycles. The number of aromatic nitrogens is 2. The van der Waals surface area contributed by atoms with Crippen LogP contribution < -0.4 is 5.73 Å². The molecule has 0 aromatic carbocycles. The van der Waals surface area contributed by atoms with Gasteiger partial charge in [0.1, 0.15) is 0 Å². The average Bonchev–Trinajstić information content (AvgIpc) is 2.17. The van der Waals surface area contributed by atoms with E-state index in [2.05, 4.69) is 12.0 Å². The third kappa shape index (κ3) is 0.875. The quantitative estimate of drug-likeness (QED) is 0.633. The highest BCUT2D eigenvalue weighted by molar-refractivity contribution is 5.46. The molecule has 1 aromatic rings. The summed E-state index contributed by atoms with van der Waals surface area (Å²) in [5.74, 6) is 0. The van der Waals surface area contributed by atoms with Gasteiger partial charge in [0.05, 0.1) is 17.1 Å². The molecule has 1 rings (SSSR count). The Morgan fingerprint density at radius 1 is 1.50 bits per heavy atom. The van der Waals surface area contributed by atoms with E-state index in [-0.39, 0.29) is 0 Å². The van der Waals surface area contributed by atoms with Gasteiger partial charge >= 0.3 is 0 Å². The Hall–Kier alpha value is -0.990. The van der Waals surface area contributed by atoms with Gasteiger partial charge in [-0.15, -0.1) is 0 Å². The first kappa shape index (κ1) is 7.12. The molecule has 0 saturated heterocycles. The van der Waals surface area contributed by atoms with E-state index in [0.717, 1.165) is 23.6 Å². The largest absolute Gasteiger partial charge is 0.396 e. The Morgan fingerprint density at radius 3 is 2.30 bits per heavy atom. The van der Waals surface area contributed by atoms with Crippen LogP contribution in [0.4, 0.5) is 5.69 Å². The van der Waals surface area contributed by atoms with Crippen molar-refractivity contribution in [1.82, 2.24) is 9.78 Å². The van der Waals surface area contributed by atoms with Gasteiger partial charge in [-0.1, -0.05) is 0 Å². The third-order valence-electron chi connectivity index (χ3n) is 1.74. The van der Waals surface area contributed by atoms with E-state index in [0.29, 0.717) is 0 Å². The summed E-state index contributed by atoms with van der Waals surface area (Å²) in [6.07, 6.45) is 0. The minimum Gasteiger partial charge on any atom is -0.396 e. The predicted molar refractivity (Wildman–Crippen MR) is 41.8 cm³/mol.